The lowest BCUT2D eigenvalue weighted by atomic mass is 10.0. The average Bonchev–Trinajstić information content (AvgIpc) is 2.26. The molecular formula is C12H21NO5S. The van der Waals surface area contributed by atoms with Gasteiger partial charge in [0.1, 0.15) is 11.3 Å². The maximum absolute atomic E-state index is 12.0. The number of carbonyl (C=O) groups excluding carboxylic acids is 1. The first-order chi connectivity index (χ1) is 8.74. The van der Waals surface area contributed by atoms with Gasteiger partial charge in [0, 0.05) is 0 Å². The van der Waals surface area contributed by atoms with Crippen LogP contribution in [0.25, 0.3) is 0 Å². The number of rotatable bonds is 5. The molecule has 2 N–H and O–H groups in total. The Balaban J connectivity index is 2.73. The van der Waals surface area contributed by atoms with E-state index in [2.05, 4.69) is 5.32 Å². The van der Waals surface area contributed by atoms with Gasteiger partial charge in [-0.1, -0.05) is 20.3 Å². The normalized spacial score (nSPS) is 23.8. The van der Waals surface area contributed by atoms with E-state index in [1.54, 1.807) is 0 Å². The average molecular weight is 291 g/mol. The van der Waals surface area contributed by atoms with E-state index in [9.17, 15) is 18.0 Å². The molecule has 0 spiro atoms. The van der Waals surface area contributed by atoms with E-state index in [4.69, 9.17) is 5.11 Å². The first-order valence-corrected chi connectivity index (χ1v) is 8.20. The third-order valence-electron chi connectivity index (χ3n) is 3.19. The lowest BCUT2D eigenvalue weighted by molar-refractivity contribution is -0.142. The Labute approximate surface area is 113 Å². The summed E-state index contributed by atoms with van der Waals surface area (Å²) in [7, 11) is -3.43. The zero-order valence-electron chi connectivity index (χ0n) is 11.3. The van der Waals surface area contributed by atoms with Gasteiger partial charge >= 0.3 is 5.97 Å². The number of amides is 1. The molecule has 7 heteroatoms. The Morgan fingerprint density at radius 1 is 1.32 bits per heavy atom. The highest BCUT2D eigenvalue weighted by Gasteiger charge is 2.36. The van der Waals surface area contributed by atoms with Crippen molar-refractivity contribution in [1.82, 2.24) is 5.32 Å². The molecule has 2 atom stereocenters. The Kier molecular flexibility index (Phi) is 5.34. The minimum Gasteiger partial charge on any atom is -0.480 e. The number of hydrogen-bond acceptors (Lipinski definition) is 4. The fraction of sp³-hybridized carbons (Fsp3) is 0.833. The van der Waals surface area contributed by atoms with Gasteiger partial charge in [-0.2, -0.15) is 0 Å². The van der Waals surface area contributed by atoms with E-state index in [0.717, 1.165) is 0 Å². The molecule has 110 valence electrons. The van der Waals surface area contributed by atoms with Crippen LogP contribution < -0.4 is 5.32 Å². The van der Waals surface area contributed by atoms with Gasteiger partial charge in [-0.15, -0.1) is 0 Å². The molecule has 0 bridgehead atoms. The van der Waals surface area contributed by atoms with Crippen LogP contribution in [-0.2, 0) is 19.4 Å². The summed E-state index contributed by atoms with van der Waals surface area (Å²) in [4.78, 5) is 23.0. The Morgan fingerprint density at radius 2 is 1.95 bits per heavy atom. The molecule has 19 heavy (non-hydrogen) atoms. The fourth-order valence-corrected chi connectivity index (χ4v) is 4.02. The Bertz CT molecular complexity index is 443. The van der Waals surface area contributed by atoms with Gasteiger partial charge in [0.05, 0.1) is 5.75 Å². The van der Waals surface area contributed by atoms with Crippen molar-refractivity contribution in [3.63, 3.8) is 0 Å². The van der Waals surface area contributed by atoms with E-state index in [1.165, 1.54) is 0 Å². The molecule has 1 rings (SSSR count). The van der Waals surface area contributed by atoms with Crippen LogP contribution in [0.5, 0.6) is 0 Å². The molecule has 1 amide bonds. The quantitative estimate of drug-likeness (QED) is 0.771. The summed E-state index contributed by atoms with van der Waals surface area (Å²) in [6.45, 7) is 3.69. The standard InChI is InChI=1S/C12H21NO5S/c1-8(2)7-9(12(15)16)13-11(14)10-5-3-4-6-19(10,17)18/h8-10H,3-7H2,1-2H3,(H,13,14)(H,15,16). The molecule has 1 aliphatic heterocycles. The van der Waals surface area contributed by atoms with Crippen molar-refractivity contribution in [3.8, 4) is 0 Å². The van der Waals surface area contributed by atoms with Crippen LogP contribution in [0.1, 0.15) is 39.5 Å². The first kappa shape index (κ1) is 15.9. The second-order valence-corrected chi connectivity index (χ2v) is 7.68. The summed E-state index contributed by atoms with van der Waals surface area (Å²) in [5, 5.41) is 10.3. The third kappa shape index (κ3) is 4.49. The van der Waals surface area contributed by atoms with Crippen molar-refractivity contribution in [2.75, 3.05) is 5.75 Å². The Hall–Kier alpha value is -1.11. The minimum atomic E-state index is -3.43. The van der Waals surface area contributed by atoms with Crippen molar-refractivity contribution in [3.05, 3.63) is 0 Å². The number of aliphatic carboxylic acids is 1. The van der Waals surface area contributed by atoms with E-state index in [-0.39, 0.29) is 24.5 Å². The summed E-state index contributed by atoms with van der Waals surface area (Å²) in [5.41, 5.74) is 0. The number of hydrogen-bond donors (Lipinski definition) is 2. The number of carboxylic acid groups (broad SMARTS) is 1. The minimum absolute atomic E-state index is 0.00695. The number of carbonyl (C=O) groups is 2. The van der Waals surface area contributed by atoms with Crippen LogP contribution in [0.3, 0.4) is 0 Å². The summed E-state index contributed by atoms with van der Waals surface area (Å²) in [6, 6.07) is -1.02. The summed E-state index contributed by atoms with van der Waals surface area (Å²) in [6.07, 6.45) is 1.82. The maximum atomic E-state index is 12.0. The molecular weight excluding hydrogens is 270 g/mol. The molecule has 1 fully saturated rings. The van der Waals surface area contributed by atoms with Gasteiger partial charge in [-0.3, -0.25) is 4.79 Å². The van der Waals surface area contributed by atoms with Crippen molar-refractivity contribution in [2.24, 2.45) is 5.92 Å². The molecule has 0 radical (unpaired) electrons. The summed E-state index contributed by atoms with van der Waals surface area (Å²) >= 11 is 0. The number of sulfone groups is 1. The van der Waals surface area contributed by atoms with Gasteiger partial charge in [0.15, 0.2) is 9.84 Å². The topological polar surface area (TPSA) is 101 Å². The van der Waals surface area contributed by atoms with E-state index >= 15 is 0 Å². The monoisotopic (exact) mass is 291 g/mol. The number of nitrogens with one attached hydrogen (secondary N) is 1. The molecule has 0 saturated carbocycles. The summed E-state index contributed by atoms with van der Waals surface area (Å²) < 4.78 is 23.6. The largest absolute Gasteiger partial charge is 0.480 e. The molecule has 0 aromatic carbocycles. The van der Waals surface area contributed by atoms with Gasteiger partial charge in [0.2, 0.25) is 5.91 Å². The molecule has 0 aromatic heterocycles. The zero-order chi connectivity index (χ0) is 14.6. The Morgan fingerprint density at radius 3 is 2.42 bits per heavy atom. The smallest absolute Gasteiger partial charge is 0.326 e. The van der Waals surface area contributed by atoms with Gasteiger partial charge < -0.3 is 10.4 Å². The highest BCUT2D eigenvalue weighted by Crippen LogP contribution is 2.20. The van der Waals surface area contributed by atoms with Crippen LogP contribution >= 0.6 is 0 Å². The first-order valence-electron chi connectivity index (χ1n) is 6.49. The van der Waals surface area contributed by atoms with Gasteiger partial charge in [-0.05, 0) is 25.2 Å². The molecule has 1 heterocycles. The van der Waals surface area contributed by atoms with Crippen LogP contribution in [-0.4, -0.2) is 42.4 Å². The molecule has 0 aromatic rings. The molecule has 1 aliphatic rings. The molecule has 1 saturated heterocycles. The van der Waals surface area contributed by atoms with E-state index in [1.807, 2.05) is 13.8 Å². The lowest BCUT2D eigenvalue weighted by Gasteiger charge is -2.24. The van der Waals surface area contributed by atoms with Crippen molar-refractivity contribution >= 4 is 21.7 Å². The molecule has 0 aliphatic carbocycles. The van der Waals surface area contributed by atoms with Gasteiger partial charge in [0.25, 0.3) is 0 Å². The zero-order valence-corrected chi connectivity index (χ0v) is 12.1. The fourth-order valence-electron chi connectivity index (χ4n) is 2.21. The van der Waals surface area contributed by atoms with E-state index in [0.29, 0.717) is 12.8 Å². The van der Waals surface area contributed by atoms with Crippen LogP contribution in [0.15, 0.2) is 0 Å². The lowest BCUT2D eigenvalue weighted by Crippen LogP contribution is -2.49. The number of carboxylic acids is 1. The summed E-state index contributed by atoms with van der Waals surface area (Å²) in [5.74, 6) is -1.69. The molecule has 2 unspecified atom stereocenters. The van der Waals surface area contributed by atoms with Gasteiger partial charge in [-0.25, -0.2) is 13.2 Å². The highest BCUT2D eigenvalue weighted by atomic mass is 32.2. The second-order valence-electron chi connectivity index (χ2n) is 5.38. The predicted octanol–water partition coefficient (Wildman–Crippen LogP) is 0.569. The van der Waals surface area contributed by atoms with Crippen LogP contribution in [0.4, 0.5) is 0 Å². The van der Waals surface area contributed by atoms with Crippen LogP contribution in [0, 0.1) is 5.92 Å². The van der Waals surface area contributed by atoms with Crippen molar-refractivity contribution < 1.29 is 23.1 Å². The van der Waals surface area contributed by atoms with E-state index < -0.39 is 33.0 Å². The highest BCUT2D eigenvalue weighted by molar-refractivity contribution is 7.92. The maximum Gasteiger partial charge on any atom is 0.326 e. The van der Waals surface area contributed by atoms with Crippen molar-refractivity contribution in [2.45, 2.75) is 50.8 Å². The SMILES string of the molecule is CC(C)CC(NC(=O)C1CCCCS1(=O)=O)C(=O)O. The second kappa shape index (κ2) is 6.36. The predicted molar refractivity (Wildman–Crippen MR) is 70.4 cm³/mol. The van der Waals surface area contributed by atoms with Crippen LogP contribution in [0.2, 0.25) is 0 Å². The molecule has 6 nitrogen and oxygen atoms in total. The van der Waals surface area contributed by atoms with Crippen molar-refractivity contribution in [1.29, 1.82) is 0 Å². The third-order valence-corrected chi connectivity index (χ3v) is 5.37.